The van der Waals surface area contributed by atoms with Gasteiger partial charge in [-0.15, -0.1) is 0 Å². The topological polar surface area (TPSA) is 177 Å². The fourth-order valence-corrected chi connectivity index (χ4v) is 4.83. The summed E-state index contributed by atoms with van der Waals surface area (Å²) in [5.74, 6) is -3.78. The van der Waals surface area contributed by atoms with E-state index in [0.29, 0.717) is 23.6 Å². The van der Waals surface area contributed by atoms with Crippen LogP contribution < -0.4 is 9.97 Å². The van der Waals surface area contributed by atoms with Crippen molar-refractivity contribution >= 4 is 30.7 Å². The van der Waals surface area contributed by atoms with Crippen LogP contribution in [0.4, 0.5) is 4.79 Å². The lowest BCUT2D eigenvalue weighted by Gasteiger charge is -2.34. The highest BCUT2D eigenvalue weighted by atomic mass is 16.5. The van der Waals surface area contributed by atoms with E-state index in [1.807, 2.05) is 25.1 Å². The molecule has 12 nitrogen and oxygen atoms in total. The molecule has 39 heavy (non-hydrogen) atoms. The number of urea groups is 1. The molecule has 2 aromatic carbocycles. The number of para-hydroxylation sites is 1. The Morgan fingerprint density at radius 3 is 2.56 bits per heavy atom. The lowest BCUT2D eigenvalue weighted by atomic mass is 9.64. The summed E-state index contributed by atoms with van der Waals surface area (Å²) in [5.41, 5.74) is 1.62. The first kappa shape index (κ1) is 27.9. The molecule has 1 fully saturated rings. The van der Waals surface area contributed by atoms with Gasteiger partial charge in [-0.05, 0) is 49.1 Å². The summed E-state index contributed by atoms with van der Waals surface area (Å²) in [6.07, 6.45) is -1.71. The standard InChI is InChI=1S/C26H30BN3O9/c1-3-29-9-10-30(25(36)24(29)35)26(37)28-21(22(34)15-7-8-18(31)19(32)12-15)20(33)13-17-11-16-6-4-5-14(2)23(16)39-27(17)38/h4-8,12,17,21-22,31-32,34,38H,3,9-11,13H2,1-2H3,(H,28,37)/t17-,21?,22?/m1/s1. The Morgan fingerprint density at radius 1 is 1.13 bits per heavy atom. The molecule has 4 amide bonds. The number of rotatable bonds is 7. The van der Waals surface area contributed by atoms with E-state index in [1.54, 1.807) is 6.92 Å². The molecule has 0 aromatic heterocycles. The van der Waals surface area contributed by atoms with Crippen LogP contribution in [0.3, 0.4) is 0 Å². The number of fused-ring (bicyclic) bond motifs is 1. The van der Waals surface area contributed by atoms with Crippen molar-refractivity contribution < 1.29 is 44.2 Å². The number of phenols is 2. The molecule has 0 spiro atoms. The van der Waals surface area contributed by atoms with Crippen molar-refractivity contribution in [2.24, 2.45) is 0 Å². The Labute approximate surface area is 224 Å². The number of likely N-dealkylation sites (N-methyl/N-ethyl adjacent to an activating group) is 1. The fraction of sp³-hybridized carbons (Fsp3) is 0.385. The zero-order valence-corrected chi connectivity index (χ0v) is 21.5. The third kappa shape index (κ3) is 5.69. The average molecular weight is 539 g/mol. The summed E-state index contributed by atoms with van der Waals surface area (Å²) in [5, 5.41) is 43.6. The van der Waals surface area contributed by atoms with Crippen LogP contribution in [0.15, 0.2) is 36.4 Å². The molecule has 0 bridgehead atoms. The second kappa shape index (κ2) is 11.3. The van der Waals surface area contributed by atoms with E-state index in [-0.39, 0.29) is 25.1 Å². The minimum absolute atomic E-state index is 0.00330. The number of phenolic OH excluding ortho intramolecular Hbond substituents is 2. The van der Waals surface area contributed by atoms with Crippen LogP contribution in [-0.2, 0) is 20.8 Å². The predicted octanol–water partition coefficient (Wildman–Crippen LogP) is 0.654. The van der Waals surface area contributed by atoms with Gasteiger partial charge in [-0.1, -0.05) is 24.3 Å². The molecular weight excluding hydrogens is 509 g/mol. The maximum atomic E-state index is 13.5. The second-order valence-electron chi connectivity index (χ2n) is 9.67. The lowest BCUT2D eigenvalue weighted by Crippen LogP contribution is -2.60. The number of piperazine rings is 1. The average Bonchev–Trinajstić information content (AvgIpc) is 2.90. The smallest absolute Gasteiger partial charge is 0.526 e. The molecule has 2 unspecified atom stereocenters. The van der Waals surface area contributed by atoms with Gasteiger partial charge in [0.1, 0.15) is 17.9 Å². The van der Waals surface area contributed by atoms with Crippen LogP contribution in [0.1, 0.15) is 36.1 Å². The lowest BCUT2D eigenvalue weighted by molar-refractivity contribution is -0.153. The SMILES string of the molecule is CCN1CCN(C(=O)NC(C(=O)C[C@H]2Cc3cccc(C)c3OB2O)C(O)c2ccc(O)c(O)c2)C(=O)C1=O. The van der Waals surface area contributed by atoms with Gasteiger partial charge >= 0.3 is 25.0 Å². The van der Waals surface area contributed by atoms with E-state index in [9.17, 15) is 39.5 Å². The number of aliphatic hydroxyl groups is 1. The van der Waals surface area contributed by atoms with Gasteiger partial charge in [-0.25, -0.2) is 4.79 Å². The number of aromatic hydroxyl groups is 2. The molecule has 2 aliphatic rings. The van der Waals surface area contributed by atoms with Crippen LogP contribution in [-0.4, -0.2) is 86.6 Å². The van der Waals surface area contributed by atoms with Crippen molar-refractivity contribution in [2.75, 3.05) is 19.6 Å². The van der Waals surface area contributed by atoms with Gasteiger partial charge in [0.25, 0.3) is 0 Å². The zero-order chi connectivity index (χ0) is 28.4. The summed E-state index contributed by atoms with van der Waals surface area (Å²) in [6.45, 7) is 3.83. The molecule has 206 valence electrons. The molecule has 1 saturated heterocycles. The zero-order valence-electron chi connectivity index (χ0n) is 21.5. The first-order chi connectivity index (χ1) is 18.5. The number of benzene rings is 2. The van der Waals surface area contributed by atoms with Crippen LogP contribution in [0.2, 0.25) is 5.82 Å². The van der Waals surface area contributed by atoms with E-state index in [0.717, 1.165) is 23.3 Å². The number of hydrogen-bond acceptors (Lipinski definition) is 9. The van der Waals surface area contributed by atoms with Crippen molar-refractivity contribution in [1.82, 2.24) is 15.1 Å². The number of carbonyl (C=O) groups excluding carboxylic acids is 4. The summed E-state index contributed by atoms with van der Waals surface area (Å²) >= 11 is 0. The quantitative estimate of drug-likeness (QED) is 0.192. The molecule has 2 heterocycles. The summed E-state index contributed by atoms with van der Waals surface area (Å²) in [7, 11) is -1.32. The van der Waals surface area contributed by atoms with E-state index in [2.05, 4.69) is 5.32 Å². The maximum Gasteiger partial charge on any atom is 0.526 e. The molecule has 0 aliphatic carbocycles. The van der Waals surface area contributed by atoms with Gasteiger partial charge in [-0.3, -0.25) is 19.3 Å². The van der Waals surface area contributed by atoms with Crippen LogP contribution in [0.5, 0.6) is 17.2 Å². The van der Waals surface area contributed by atoms with Crippen molar-refractivity contribution in [3.05, 3.63) is 53.1 Å². The number of nitrogens with zero attached hydrogens (tertiary/aromatic N) is 2. The molecule has 2 aromatic rings. The molecule has 3 atom stereocenters. The van der Waals surface area contributed by atoms with Crippen molar-refractivity contribution in [2.45, 2.75) is 44.7 Å². The normalized spacial score (nSPS) is 18.8. The Morgan fingerprint density at radius 2 is 1.87 bits per heavy atom. The summed E-state index contributed by atoms with van der Waals surface area (Å²) in [6, 6.07) is 6.22. The van der Waals surface area contributed by atoms with Crippen LogP contribution in [0, 0.1) is 6.92 Å². The van der Waals surface area contributed by atoms with Gasteiger partial charge < -0.3 is 35.2 Å². The fourth-order valence-electron chi connectivity index (χ4n) is 4.83. The largest absolute Gasteiger partial charge is 0.536 e. The number of nitrogens with one attached hydrogen (secondary N) is 1. The second-order valence-corrected chi connectivity index (χ2v) is 9.67. The van der Waals surface area contributed by atoms with Gasteiger partial charge in [0.05, 0.1) is 0 Å². The predicted molar refractivity (Wildman–Crippen MR) is 138 cm³/mol. The Bertz CT molecular complexity index is 1300. The third-order valence-corrected chi connectivity index (χ3v) is 7.10. The van der Waals surface area contributed by atoms with Crippen molar-refractivity contribution in [3.63, 3.8) is 0 Å². The molecular formula is C26H30BN3O9. The molecule has 0 radical (unpaired) electrons. The van der Waals surface area contributed by atoms with Crippen LogP contribution in [0.25, 0.3) is 0 Å². The minimum Gasteiger partial charge on any atom is -0.536 e. The molecule has 13 heteroatoms. The van der Waals surface area contributed by atoms with Crippen molar-refractivity contribution in [3.8, 4) is 17.2 Å². The molecule has 0 saturated carbocycles. The van der Waals surface area contributed by atoms with E-state index in [1.165, 1.54) is 11.0 Å². The third-order valence-electron chi connectivity index (χ3n) is 7.10. The number of hydrogen-bond donors (Lipinski definition) is 5. The van der Waals surface area contributed by atoms with Crippen molar-refractivity contribution in [1.29, 1.82) is 0 Å². The highest BCUT2D eigenvalue weighted by molar-refractivity contribution is 6.46. The molecule has 2 aliphatic heterocycles. The highest BCUT2D eigenvalue weighted by Gasteiger charge is 2.42. The number of carbonyl (C=O) groups is 4. The number of ketones is 1. The van der Waals surface area contributed by atoms with E-state index >= 15 is 0 Å². The number of amides is 4. The first-order valence-corrected chi connectivity index (χ1v) is 12.6. The first-order valence-electron chi connectivity index (χ1n) is 12.6. The Kier molecular flexibility index (Phi) is 8.12. The maximum absolute atomic E-state index is 13.5. The van der Waals surface area contributed by atoms with Gasteiger partial charge in [0.15, 0.2) is 17.3 Å². The summed E-state index contributed by atoms with van der Waals surface area (Å²) in [4.78, 5) is 53.4. The number of Topliss-reactive ketones (excluding diaryl/α,β-unsaturated/α-hetero) is 1. The number of aryl methyl sites for hydroxylation is 1. The number of imide groups is 1. The van der Waals surface area contributed by atoms with Gasteiger partial charge in [-0.2, -0.15) is 0 Å². The van der Waals surface area contributed by atoms with Gasteiger partial charge in [0, 0.05) is 31.9 Å². The Balaban J connectivity index is 1.57. The monoisotopic (exact) mass is 539 g/mol. The van der Waals surface area contributed by atoms with Crippen LogP contribution >= 0.6 is 0 Å². The molecule has 5 N–H and O–H groups in total. The molecule has 4 rings (SSSR count). The number of aliphatic hydroxyl groups excluding tert-OH is 1. The van der Waals surface area contributed by atoms with E-state index in [4.69, 9.17) is 4.65 Å². The van der Waals surface area contributed by atoms with E-state index < -0.39 is 60.2 Å². The van der Waals surface area contributed by atoms with Gasteiger partial charge in [0.2, 0.25) is 0 Å². The highest BCUT2D eigenvalue weighted by Crippen LogP contribution is 2.37. The minimum atomic E-state index is -1.70. The summed E-state index contributed by atoms with van der Waals surface area (Å²) < 4.78 is 5.65. The Hall–Kier alpha value is -4.10.